The lowest BCUT2D eigenvalue weighted by molar-refractivity contribution is 0.0496. The number of aryl methyl sites for hydroxylation is 1. The van der Waals surface area contributed by atoms with Crippen LogP contribution in [-0.2, 0) is 23.1 Å². The third kappa shape index (κ3) is 6.08. The van der Waals surface area contributed by atoms with Crippen LogP contribution >= 0.6 is 0 Å². The lowest BCUT2D eigenvalue weighted by Gasteiger charge is -2.43. The highest BCUT2D eigenvalue weighted by Gasteiger charge is 2.40. The number of aromatic nitrogens is 3. The zero-order valence-electron chi connectivity index (χ0n) is 19.9. The molecule has 0 amide bonds. The normalized spacial score (nSPS) is 26.8. The molecule has 182 valence electrons. The molecule has 1 atom stereocenters. The maximum absolute atomic E-state index is 12.8. The van der Waals surface area contributed by atoms with Gasteiger partial charge in [0.2, 0.25) is 10.0 Å². The Hall–Kier alpha value is -1.07. The molecule has 0 radical (unpaired) electrons. The van der Waals surface area contributed by atoms with Gasteiger partial charge in [0.1, 0.15) is 0 Å². The first-order valence-electron chi connectivity index (χ1n) is 12.5. The molecule has 3 aliphatic heterocycles. The number of likely N-dealkylation sites (tertiary alicyclic amines) is 1. The molecule has 1 aromatic heterocycles. The Balaban J connectivity index is 1.25. The van der Waals surface area contributed by atoms with Crippen molar-refractivity contribution in [2.45, 2.75) is 70.6 Å². The minimum Gasteiger partial charge on any atom is -0.306 e. The fourth-order valence-corrected chi connectivity index (χ4v) is 7.10. The second-order valence-corrected chi connectivity index (χ2v) is 11.9. The summed E-state index contributed by atoms with van der Waals surface area (Å²) in [6, 6.07) is 0.783. The van der Waals surface area contributed by atoms with Crippen molar-refractivity contribution in [1.82, 2.24) is 34.0 Å². The Morgan fingerprint density at radius 1 is 0.969 bits per heavy atom. The van der Waals surface area contributed by atoms with Gasteiger partial charge in [0.05, 0.1) is 18.0 Å². The van der Waals surface area contributed by atoms with E-state index in [4.69, 9.17) is 0 Å². The number of sulfonamides is 1. The van der Waals surface area contributed by atoms with E-state index in [9.17, 15) is 8.42 Å². The van der Waals surface area contributed by atoms with Gasteiger partial charge < -0.3 is 4.90 Å². The van der Waals surface area contributed by atoms with E-state index < -0.39 is 10.0 Å². The number of piperidine rings is 1. The predicted octanol–water partition coefficient (Wildman–Crippen LogP) is 1.08. The van der Waals surface area contributed by atoms with E-state index in [0.717, 1.165) is 44.8 Å². The Morgan fingerprint density at radius 2 is 1.66 bits per heavy atom. The van der Waals surface area contributed by atoms with Crippen molar-refractivity contribution in [3.8, 4) is 0 Å². The van der Waals surface area contributed by atoms with Crippen LogP contribution in [0, 0.1) is 0 Å². The average molecular weight is 468 g/mol. The largest absolute Gasteiger partial charge is 0.306 e. The summed E-state index contributed by atoms with van der Waals surface area (Å²) in [5.41, 5.74) is 0.747. The monoisotopic (exact) mass is 467 g/mol. The van der Waals surface area contributed by atoms with E-state index in [1.54, 1.807) is 4.31 Å². The zero-order valence-corrected chi connectivity index (χ0v) is 20.7. The first-order valence-corrected chi connectivity index (χ1v) is 14.1. The summed E-state index contributed by atoms with van der Waals surface area (Å²) in [6.45, 7) is 10.4. The standard InChI is InChI=1S/C22H41N7O2S/c1-3-4-5-6-9-28-16-20(23-24-28)17-29-18-22(19-32(29,30)31)27-14-12-26(13-15-27)21-7-10-25(2)11-8-21/h16,21-22H,3-15,17-19H2,1-2H3. The van der Waals surface area contributed by atoms with Crippen LogP contribution in [0.5, 0.6) is 0 Å². The minimum absolute atomic E-state index is 0.0868. The van der Waals surface area contributed by atoms with Gasteiger partial charge in [0, 0.05) is 57.5 Å². The minimum atomic E-state index is -3.24. The summed E-state index contributed by atoms with van der Waals surface area (Å²) < 4.78 is 29.2. The molecule has 32 heavy (non-hydrogen) atoms. The maximum atomic E-state index is 12.8. The number of rotatable bonds is 9. The van der Waals surface area contributed by atoms with E-state index in [-0.39, 0.29) is 11.8 Å². The number of hydrogen-bond donors (Lipinski definition) is 0. The molecule has 4 rings (SSSR count). The van der Waals surface area contributed by atoms with E-state index in [1.165, 1.54) is 45.2 Å². The summed E-state index contributed by atoms with van der Waals surface area (Å²) in [5.74, 6) is 0.229. The Morgan fingerprint density at radius 3 is 2.34 bits per heavy atom. The molecule has 4 heterocycles. The van der Waals surface area contributed by atoms with Gasteiger partial charge in [-0.15, -0.1) is 5.10 Å². The Labute approximate surface area is 193 Å². The van der Waals surface area contributed by atoms with Gasteiger partial charge in [0.15, 0.2) is 0 Å². The highest BCUT2D eigenvalue weighted by molar-refractivity contribution is 7.89. The van der Waals surface area contributed by atoms with Gasteiger partial charge in [0.25, 0.3) is 0 Å². The molecule has 1 unspecified atom stereocenters. The Kier molecular flexibility index (Phi) is 8.20. The molecule has 0 bridgehead atoms. The molecule has 0 aromatic carbocycles. The summed E-state index contributed by atoms with van der Waals surface area (Å²) in [4.78, 5) is 7.44. The van der Waals surface area contributed by atoms with Crippen molar-refractivity contribution < 1.29 is 8.42 Å². The second-order valence-electron chi connectivity index (χ2n) is 9.86. The van der Waals surface area contributed by atoms with Crippen LogP contribution in [0.4, 0.5) is 0 Å². The first-order chi connectivity index (χ1) is 15.4. The average Bonchev–Trinajstić information content (AvgIpc) is 3.35. The van der Waals surface area contributed by atoms with Crippen molar-refractivity contribution >= 4 is 10.0 Å². The first kappa shape index (κ1) is 24.1. The maximum Gasteiger partial charge on any atom is 0.216 e. The lowest BCUT2D eigenvalue weighted by atomic mass is 10.0. The summed E-state index contributed by atoms with van der Waals surface area (Å²) in [6.07, 6.45) is 9.14. The molecule has 0 N–H and O–H groups in total. The number of piperazine rings is 1. The molecule has 10 heteroatoms. The van der Waals surface area contributed by atoms with Gasteiger partial charge >= 0.3 is 0 Å². The predicted molar refractivity (Wildman–Crippen MR) is 126 cm³/mol. The van der Waals surface area contributed by atoms with Crippen molar-refractivity contribution in [3.05, 3.63) is 11.9 Å². The number of unbranched alkanes of at least 4 members (excludes halogenated alkanes) is 3. The lowest BCUT2D eigenvalue weighted by Crippen LogP contribution is -2.55. The molecular formula is C22H41N7O2S. The van der Waals surface area contributed by atoms with E-state index in [1.807, 2.05) is 10.9 Å². The fourth-order valence-electron chi connectivity index (χ4n) is 5.36. The van der Waals surface area contributed by atoms with Crippen LogP contribution in [0.2, 0.25) is 0 Å². The van der Waals surface area contributed by atoms with Crippen LogP contribution < -0.4 is 0 Å². The van der Waals surface area contributed by atoms with Crippen LogP contribution in [0.3, 0.4) is 0 Å². The molecule has 3 aliphatic rings. The van der Waals surface area contributed by atoms with Crippen LogP contribution in [0.15, 0.2) is 6.20 Å². The summed E-state index contributed by atoms with van der Waals surface area (Å²) in [7, 11) is -1.04. The summed E-state index contributed by atoms with van der Waals surface area (Å²) in [5, 5.41) is 8.43. The van der Waals surface area contributed by atoms with Crippen molar-refractivity contribution in [2.24, 2.45) is 0 Å². The highest BCUT2D eigenvalue weighted by atomic mass is 32.2. The van der Waals surface area contributed by atoms with E-state index >= 15 is 0 Å². The molecule has 1 aromatic rings. The molecule has 9 nitrogen and oxygen atoms in total. The topological polar surface area (TPSA) is 77.8 Å². The van der Waals surface area contributed by atoms with Crippen molar-refractivity contribution in [2.75, 3.05) is 58.6 Å². The molecule has 3 saturated heterocycles. The quantitative estimate of drug-likeness (QED) is 0.503. The van der Waals surface area contributed by atoms with Gasteiger partial charge in [-0.2, -0.15) is 4.31 Å². The third-order valence-corrected chi connectivity index (χ3v) is 9.32. The number of hydrogen-bond acceptors (Lipinski definition) is 7. The molecule has 0 saturated carbocycles. The van der Waals surface area contributed by atoms with Crippen molar-refractivity contribution in [1.29, 1.82) is 0 Å². The van der Waals surface area contributed by atoms with Gasteiger partial charge in [-0.1, -0.05) is 31.4 Å². The van der Waals surface area contributed by atoms with Crippen LogP contribution in [-0.4, -0.2) is 113 Å². The molecule has 3 fully saturated rings. The SMILES string of the molecule is CCCCCCn1cc(CN2CC(N3CCN(C4CCN(C)CC4)CC3)CS2(=O)=O)nn1. The smallest absolute Gasteiger partial charge is 0.216 e. The molecular weight excluding hydrogens is 426 g/mol. The van der Waals surface area contributed by atoms with Crippen LogP contribution in [0.25, 0.3) is 0 Å². The molecule has 0 spiro atoms. The van der Waals surface area contributed by atoms with Gasteiger partial charge in [-0.25, -0.2) is 8.42 Å². The zero-order chi connectivity index (χ0) is 22.6. The van der Waals surface area contributed by atoms with E-state index in [2.05, 4.69) is 39.0 Å². The highest BCUT2D eigenvalue weighted by Crippen LogP contribution is 2.24. The number of nitrogens with zero attached hydrogens (tertiary/aromatic N) is 7. The fraction of sp³-hybridized carbons (Fsp3) is 0.909. The third-order valence-electron chi connectivity index (χ3n) is 7.45. The second kappa shape index (κ2) is 10.9. The van der Waals surface area contributed by atoms with Crippen molar-refractivity contribution in [3.63, 3.8) is 0 Å². The van der Waals surface area contributed by atoms with Gasteiger partial charge in [-0.05, 0) is 39.4 Å². The van der Waals surface area contributed by atoms with Crippen LogP contribution in [0.1, 0.15) is 51.1 Å². The Bertz CT molecular complexity index is 814. The molecule has 0 aliphatic carbocycles. The van der Waals surface area contributed by atoms with E-state index in [0.29, 0.717) is 19.1 Å². The summed E-state index contributed by atoms with van der Waals surface area (Å²) >= 11 is 0. The van der Waals surface area contributed by atoms with Gasteiger partial charge in [-0.3, -0.25) is 14.5 Å².